The number of hydrogen-bond acceptors (Lipinski definition) is 6. The van der Waals surface area contributed by atoms with Gasteiger partial charge in [0.2, 0.25) is 10.0 Å². The Morgan fingerprint density at radius 2 is 1.77 bits per heavy atom. The number of ether oxygens (including phenoxy) is 1. The predicted molar refractivity (Wildman–Crippen MR) is 141 cm³/mol. The summed E-state index contributed by atoms with van der Waals surface area (Å²) in [6.07, 6.45) is 3.15. The van der Waals surface area contributed by atoms with Crippen molar-refractivity contribution in [2.24, 2.45) is 5.92 Å². The van der Waals surface area contributed by atoms with Gasteiger partial charge in [-0.3, -0.25) is 4.79 Å². The zero-order valence-electron chi connectivity index (χ0n) is 20.9. The molecule has 1 heterocycles. The summed E-state index contributed by atoms with van der Waals surface area (Å²) >= 11 is 0. The number of rotatable bonds is 10. The van der Waals surface area contributed by atoms with E-state index in [0.29, 0.717) is 24.3 Å². The third-order valence-corrected chi connectivity index (χ3v) is 8.47. The van der Waals surface area contributed by atoms with E-state index in [1.165, 1.54) is 16.8 Å². The number of nitrogens with zero attached hydrogens (tertiary/aromatic N) is 1. The Morgan fingerprint density at radius 3 is 2.37 bits per heavy atom. The molecule has 1 saturated heterocycles. The molecule has 1 saturated carbocycles. The van der Waals surface area contributed by atoms with Gasteiger partial charge in [-0.25, -0.2) is 13.1 Å². The molecule has 0 bridgehead atoms. The van der Waals surface area contributed by atoms with Crippen molar-refractivity contribution >= 4 is 27.3 Å². The first kappa shape index (κ1) is 25.5. The summed E-state index contributed by atoms with van der Waals surface area (Å²) in [5.41, 5.74) is 5.07. The van der Waals surface area contributed by atoms with Crippen LogP contribution < -0.4 is 14.9 Å². The Kier molecular flexibility index (Phi) is 8.02. The van der Waals surface area contributed by atoms with Crippen LogP contribution in [0.5, 0.6) is 0 Å². The zero-order chi connectivity index (χ0) is 25.0. The smallest absolute Gasteiger partial charge is 0.264 e. The van der Waals surface area contributed by atoms with Gasteiger partial charge in [0.15, 0.2) is 0 Å². The van der Waals surface area contributed by atoms with Crippen molar-refractivity contribution in [1.29, 1.82) is 0 Å². The summed E-state index contributed by atoms with van der Waals surface area (Å²) in [7, 11) is -3.56. The van der Waals surface area contributed by atoms with Gasteiger partial charge in [0, 0.05) is 30.0 Å². The number of morpholine rings is 1. The van der Waals surface area contributed by atoms with Crippen molar-refractivity contribution in [2.45, 2.75) is 57.7 Å². The Morgan fingerprint density at radius 1 is 1.09 bits per heavy atom. The normalized spacial score (nSPS) is 17.3. The maximum atomic E-state index is 12.4. The molecule has 2 N–H and O–H groups in total. The van der Waals surface area contributed by atoms with Crippen molar-refractivity contribution in [2.75, 3.05) is 36.5 Å². The molecule has 8 heteroatoms. The molecular weight excluding hydrogens is 462 g/mol. The molecule has 4 rings (SSSR count). The first-order valence-electron chi connectivity index (χ1n) is 12.6. The van der Waals surface area contributed by atoms with Crippen LogP contribution in [0.2, 0.25) is 0 Å². The van der Waals surface area contributed by atoms with Gasteiger partial charge in [-0.2, -0.15) is 0 Å². The van der Waals surface area contributed by atoms with E-state index in [1.54, 1.807) is 12.1 Å². The van der Waals surface area contributed by atoms with Crippen molar-refractivity contribution in [3.05, 3.63) is 59.2 Å². The number of amides is 1. The topological polar surface area (TPSA) is 87.7 Å². The molecule has 7 nitrogen and oxygen atoms in total. The number of sulfonamides is 1. The first-order chi connectivity index (χ1) is 16.8. The minimum atomic E-state index is -3.56. The second kappa shape index (κ2) is 11.0. The van der Waals surface area contributed by atoms with Gasteiger partial charge in [-0.15, -0.1) is 0 Å². The van der Waals surface area contributed by atoms with Crippen LogP contribution in [0, 0.1) is 5.92 Å². The van der Waals surface area contributed by atoms with Gasteiger partial charge in [-0.1, -0.05) is 26.8 Å². The maximum Gasteiger partial charge on any atom is 0.264 e. The van der Waals surface area contributed by atoms with Crippen molar-refractivity contribution in [1.82, 2.24) is 4.72 Å². The van der Waals surface area contributed by atoms with Gasteiger partial charge in [0.05, 0.1) is 24.5 Å². The Balaban J connectivity index is 1.53. The Hall–Kier alpha value is -2.58. The van der Waals surface area contributed by atoms with Crippen LogP contribution in [0.15, 0.2) is 42.5 Å². The predicted octanol–water partition coefficient (Wildman–Crippen LogP) is 4.51. The van der Waals surface area contributed by atoms with Crippen LogP contribution in [-0.4, -0.2) is 45.9 Å². The molecule has 1 aliphatic heterocycles. The zero-order valence-corrected chi connectivity index (χ0v) is 21.7. The van der Waals surface area contributed by atoms with Crippen LogP contribution >= 0.6 is 0 Å². The molecule has 35 heavy (non-hydrogen) atoms. The highest BCUT2D eigenvalue weighted by Gasteiger charge is 2.37. The minimum Gasteiger partial charge on any atom is -0.378 e. The van der Waals surface area contributed by atoms with Crippen molar-refractivity contribution < 1.29 is 17.9 Å². The molecule has 0 aromatic heterocycles. The van der Waals surface area contributed by atoms with Crippen LogP contribution in [-0.2, 0) is 21.2 Å². The van der Waals surface area contributed by atoms with Gasteiger partial charge in [0.25, 0.3) is 5.91 Å². The molecule has 1 amide bonds. The molecular formula is C27H37N3O4S. The first-order valence-corrected chi connectivity index (χ1v) is 14.2. The molecule has 1 aliphatic carbocycles. The van der Waals surface area contributed by atoms with E-state index in [2.05, 4.69) is 53.9 Å². The summed E-state index contributed by atoms with van der Waals surface area (Å²) in [5.74, 6) is -0.0874. The fourth-order valence-corrected chi connectivity index (χ4v) is 5.85. The molecule has 2 aromatic carbocycles. The number of carbonyl (C=O) groups is 1. The molecule has 0 radical (unpaired) electrons. The maximum absolute atomic E-state index is 12.4. The van der Waals surface area contributed by atoms with Crippen LogP contribution in [0.25, 0.3) is 0 Å². The quantitative estimate of drug-likeness (QED) is 0.500. The summed E-state index contributed by atoms with van der Waals surface area (Å²) < 4.78 is 31.9. The monoisotopic (exact) mass is 499 g/mol. The largest absolute Gasteiger partial charge is 0.378 e. The van der Waals surface area contributed by atoms with Crippen LogP contribution in [0.4, 0.5) is 11.4 Å². The SMILES string of the molecule is CCc1ccc(N2CCOCC2)cc1C(CC(C)C)Nc1ccc(C(=O)NS(=O)(=O)C2CC2)cc1. The van der Waals surface area contributed by atoms with Crippen LogP contribution in [0.3, 0.4) is 0 Å². The van der Waals surface area contributed by atoms with E-state index < -0.39 is 21.2 Å². The average Bonchev–Trinajstić information content (AvgIpc) is 3.70. The van der Waals surface area contributed by atoms with E-state index in [4.69, 9.17) is 4.74 Å². The van der Waals surface area contributed by atoms with E-state index in [1.807, 2.05) is 12.1 Å². The molecule has 2 aromatic rings. The standard InChI is InChI=1S/C27H37N3O4S/c1-4-20-7-10-23(30-13-15-34-16-14-30)18-25(20)26(17-19(2)3)28-22-8-5-21(6-9-22)27(31)29-35(32,33)24-11-12-24/h5-10,18-19,24,26,28H,4,11-17H2,1-3H3,(H,29,31). The van der Waals surface area contributed by atoms with E-state index in [-0.39, 0.29) is 6.04 Å². The summed E-state index contributed by atoms with van der Waals surface area (Å²) in [4.78, 5) is 14.8. The van der Waals surface area contributed by atoms with Crippen molar-refractivity contribution in [3.8, 4) is 0 Å². The summed E-state index contributed by atoms with van der Waals surface area (Å²) in [5, 5.41) is 3.26. The fraction of sp³-hybridized carbons (Fsp3) is 0.519. The average molecular weight is 500 g/mol. The number of benzene rings is 2. The van der Waals surface area contributed by atoms with Gasteiger partial charge in [-0.05, 0) is 79.1 Å². The van der Waals surface area contributed by atoms with E-state index in [9.17, 15) is 13.2 Å². The molecule has 0 spiro atoms. The number of carbonyl (C=O) groups excluding carboxylic acids is 1. The molecule has 190 valence electrons. The van der Waals surface area contributed by atoms with E-state index in [0.717, 1.165) is 44.8 Å². The third kappa shape index (κ3) is 6.55. The minimum absolute atomic E-state index is 0.112. The van der Waals surface area contributed by atoms with E-state index >= 15 is 0 Å². The molecule has 2 fully saturated rings. The van der Waals surface area contributed by atoms with Crippen molar-refractivity contribution in [3.63, 3.8) is 0 Å². The molecule has 1 atom stereocenters. The second-order valence-corrected chi connectivity index (χ2v) is 11.9. The third-order valence-electron chi connectivity index (χ3n) is 6.66. The highest BCUT2D eigenvalue weighted by Crippen LogP contribution is 2.32. The van der Waals surface area contributed by atoms with Gasteiger partial charge < -0.3 is 15.0 Å². The molecule has 2 aliphatic rings. The lowest BCUT2D eigenvalue weighted by Gasteiger charge is -2.31. The summed E-state index contributed by atoms with van der Waals surface area (Å²) in [6, 6.07) is 13.9. The number of aryl methyl sites for hydroxylation is 1. The van der Waals surface area contributed by atoms with Gasteiger partial charge in [0.1, 0.15) is 0 Å². The Labute approximate surface area is 209 Å². The number of anilines is 2. The highest BCUT2D eigenvalue weighted by atomic mass is 32.2. The lowest BCUT2D eigenvalue weighted by molar-refractivity contribution is 0.0981. The lowest BCUT2D eigenvalue weighted by Crippen LogP contribution is -2.36. The number of hydrogen-bond donors (Lipinski definition) is 2. The molecule has 1 unspecified atom stereocenters. The lowest BCUT2D eigenvalue weighted by atomic mass is 9.91. The number of nitrogens with one attached hydrogen (secondary N) is 2. The van der Waals surface area contributed by atoms with Crippen LogP contribution in [0.1, 0.15) is 67.6 Å². The van der Waals surface area contributed by atoms with Gasteiger partial charge >= 0.3 is 0 Å². The Bertz CT molecular complexity index is 1120. The highest BCUT2D eigenvalue weighted by molar-refractivity contribution is 7.91. The summed E-state index contributed by atoms with van der Waals surface area (Å²) in [6.45, 7) is 9.92. The fourth-order valence-electron chi connectivity index (χ4n) is 4.55. The second-order valence-electron chi connectivity index (χ2n) is 9.92.